The number of nitrogens with one attached hydrogen (secondary N) is 2. The van der Waals surface area contributed by atoms with Crippen molar-refractivity contribution in [2.75, 3.05) is 18.0 Å². The highest BCUT2D eigenvalue weighted by molar-refractivity contribution is 5.57. The number of aromatic hydroxyl groups is 1. The molecular weight excluding hydrogens is 355 g/mol. The van der Waals surface area contributed by atoms with Crippen LogP contribution in [0.1, 0.15) is 25.0 Å². The molecular formula is C16H17FN8O2. The molecule has 140 valence electrons. The summed E-state index contributed by atoms with van der Waals surface area (Å²) >= 11 is 0. The molecule has 1 saturated heterocycles. The number of aromatic amines is 2. The minimum atomic E-state index is -0.897. The highest BCUT2D eigenvalue weighted by Crippen LogP contribution is 2.22. The van der Waals surface area contributed by atoms with Crippen molar-refractivity contribution in [3.05, 3.63) is 33.2 Å². The average Bonchev–Trinajstić information content (AvgIpc) is 3.04. The molecule has 3 N–H and O–H groups in total. The second-order valence-corrected chi connectivity index (χ2v) is 6.84. The topological polar surface area (TPSA) is 128 Å². The molecule has 5 rings (SSSR count). The van der Waals surface area contributed by atoms with E-state index in [0.29, 0.717) is 35.4 Å². The molecule has 0 aromatic carbocycles. The number of H-pyrrole nitrogens is 2. The zero-order valence-electron chi connectivity index (χ0n) is 14.3. The third kappa shape index (κ3) is 2.94. The maximum atomic E-state index is 13.6. The van der Waals surface area contributed by atoms with E-state index in [9.17, 15) is 14.3 Å². The fraction of sp³-hybridized carbons (Fsp3) is 0.438. The lowest BCUT2D eigenvalue weighted by Gasteiger charge is -2.14. The van der Waals surface area contributed by atoms with Crippen LogP contribution in [0, 0.1) is 0 Å². The van der Waals surface area contributed by atoms with E-state index >= 15 is 0 Å². The van der Waals surface area contributed by atoms with E-state index in [1.54, 1.807) is 17.2 Å². The first-order chi connectivity index (χ1) is 13.1. The van der Waals surface area contributed by atoms with Crippen LogP contribution >= 0.6 is 0 Å². The number of rotatable bonds is 3. The van der Waals surface area contributed by atoms with Crippen molar-refractivity contribution in [3.8, 4) is 5.88 Å². The van der Waals surface area contributed by atoms with E-state index in [4.69, 9.17) is 0 Å². The summed E-state index contributed by atoms with van der Waals surface area (Å²) in [6.45, 7) is 0.789. The number of anilines is 1. The van der Waals surface area contributed by atoms with Crippen LogP contribution in [-0.2, 0) is 0 Å². The van der Waals surface area contributed by atoms with Crippen LogP contribution < -0.4 is 21.4 Å². The zero-order chi connectivity index (χ0) is 18.5. The molecule has 3 aromatic heterocycles. The van der Waals surface area contributed by atoms with E-state index in [0.717, 1.165) is 12.8 Å². The molecule has 1 aliphatic carbocycles. The molecule has 2 fully saturated rings. The lowest BCUT2D eigenvalue weighted by Crippen LogP contribution is -2.30. The summed E-state index contributed by atoms with van der Waals surface area (Å²) in [6, 6.07) is 0.227. The summed E-state index contributed by atoms with van der Waals surface area (Å²) < 4.78 is 15.2. The minimum Gasteiger partial charge on any atom is -0.493 e. The molecule has 3 aromatic rings. The number of hydrogen-bond acceptors (Lipinski definition) is 7. The van der Waals surface area contributed by atoms with Crippen molar-refractivity contribution in [2.24, 2.45) is 4.99 Å². The fourth-order valence-corrected chi connectivity index (χ4v) is 3.11. The molecule has 0 bridgehead atoms. The molecule has 2 aliphatic rings. The molecule has 10 nitrogen and oxygen atoms in total. The Balaban J connectivity index is 1.71. The number of halogens is 1. The first-order valence-electron chi connectivity index (χ1n) is 8.78. The van der Waals surface area contributed by atoms with Crippen molar-refractivity contribution in [3.63, 3.8) is 0 Å². The number of aromatic nitrogens is 6. The Labute approximate surface area is 151 Å². The molecule has 27 heavy (non-hydrogen) atoms. The van der Waals surface area contributed by atoms with Crippen LogP contribution in [-0.4, -0.2) is 60.0 Å². The zero-order valence-corrected chi connectivity index (χ0v) is 14.3. The molecule has 1 atom stereocenters. The largest absolute Gasteiger partial charge is 0.493 e. The molecule has 0 radical (unpaired) electrons. The van der Waals surface area contributed by atoms with Crippen molar-refractivity contribution < 1.29 is 9.50 Å². The Morgan fingerprint density at radius 2 is 2.15 bits per heavy atom. The monoisotopic (exact) mass is 372 g/mol. The molecule has 0 unspecified atom stereocenters. The molecule has 4 heterocycles. The maximum Gasteiger partial charge on any atom is 0.326 e. The van der Waals surface area contributed by atoms with Gasteiger partial charge in [0.25, 0.3) is 5.62 Å². The smallest absolute Gasteiger partial charge is 0.326 e. The third-order valence-electron chi connectivity index (χ3n) is 4.66. The Hall–Kier alpha value is -3.24. The summed E-state index contributed by atoms with van der Waals surface area (Å²) in [4.78, 5) is 31.5. The molecule has 11 heteroatoms. The van der Waals surface area contributed by atoms with E-state index in [1.807, 2.05) is 0 Å². The van der Waals surface area contributed by atoms with E-state index < -0.39 is 11.9 Å². The Bertz CT molecular complexity index is 1190. The van der Waals surface area contributed by atoms with Crippen LogP contribution in [0.3, 0.4) is 0 Å². The van der Waals surface area contributed by atoms with Crippen LogP contribution in [0.2, 0.25) is 0 Å². The second-order valence-electron chi connectivity index (χ2n) is 6.84. The van der Waals surface area contributed by atoms with Gasteiger partial charge >= 0.3 is 5.69 Å². The van der Waals surface area contributed by atoms with Gasteiger partial charge in [-0.3, -0.25) is 4.98 Å². The number of alkyl halides is 1. The van der Waals surface area contributed by atoms with Crippen molar-refractivity contribution in [1.82, 2.24) is 29.5 Å². The summed E-state index contributed by atoms with van der Waals surface area (Å²) in [6.07, 6.45) is 4.69. The van der Waals surface area contributed by atoms with Gasteiger partial charge in [-0.2, -0.15) is 19.6 Å². The van der Waals surface area contributed by atoms with Crippen molar-refractivity contribution >= 4 is 17.7 Å². The number of hydrogen-bond donors (Lipinski definition) is 3. The van der Waals surface area contributed by atoms with Gasteiger partial charge in [0.05, 0.1) is 18.8 Å². The van der Waals surface area contributed by atoms with E-state index in [-0.39, 0.29) is 24.2 Å². The molecule has 0 spiro atoms. The van der Waals surface area contributed by atoms with Gasteiger partial charge < -0.3 is 15.0 Å². The first-order valence-corrected chi connectivity index (χ1v) is 8.78. The molecule has 1 saturated carbocycles. The van der Waals surface area contributed by atoms with Crippen LogP contribution in [0.4, 0.5) is 10.3 Å². The van der Waals surface area contributed by atoms with Crippen molar-refractivity contribution in [2.45, 2.75) is 31.5 Å². The van der Waals surface area contributed by atoms with E-state index in [2.05, 4.69) is 30.0 Å². The van der Waals surface area contributed by atoms with Crippen molar-refractivity contribution in [1.29, 1.82) is 0 Å². The number of imidazole rings is 1. The van der Waals surface area contributed by atoms with Gasteiger partial charge in [-0.25, -0.2) is 14.2 Å². The highest BCUT2D eigenvalue weighted by atomic mass is 19.1. The van der Waals surface area contributed by atoms with Gasteiger partial charge in [0.15, 0.2) is 5.65 Å². The summed E-state index contributed by atoms with van der Waals surface area (Å²) in [7, 11) is 0. The lowest BCUT2D eigenvalue weighted by molar-refractivity contribution is 0.364. The SMILES string of the molecule is O=c1[nH]c(O)c(/C=c2\cnn3c(=NC4CC4)nc(N4CC[C@@H](F)C4)nc23)[nH]1. The van der Waals surface area contributed by atoms with Crippen LogP contribution in [0.25, 0.3) is 11.7 Å². The Morgan fingerprint density at radius 3 is 2.81 bits per heavy atom. The van der Waals surface area contributed by atoms with Gasteiger partial charge in [-0.1, -0.05) is 0 Å². The molecule has 0 amide bonds. The first kappa shape index (κ1) is 16.0. The summed E-state index contributed by atoms with van der Waals surface area (Å²) in [5, 5.41) is 14.7. The third-order valence-corrected chi connectivity index (χ3v) is 4.66. The Morgan fingerprint density at radius 1 is 1.30 bits per heavy atom. The normalized spacial score (nSPS) is 21.7. The highest BCUT2D eigenvalue weighted by Gasteiger charge is 2.25. The standard InChI is InChI=1S/C16H17FN8O2/c17-9-3-4-24(7-9)14-21-12-8(5-11-13(26)22-16(27)20-11)6-18-25(12)15(23-14)19-10-1-2-10/h5-6,9-10,26H,1-4,7H2,(H2,20,22,27)/b8-5+,19-15?/t9-/m1/s1. The van der Waals surface area contributed by atoms with Gasteiger partial charge in [0.2, 0.25) is 11.8 Å². The lowest BCUT2D eigenvalue weighted by atomic mass is 10.3. The van der Waals surface area contributed by atoms with Gasteiger partial charge in [0.1, 0.15) is 11.9 Å². The maximum absolute atomic E-state index is 13.6. The quantitative estimate of drug-likeness (QED) is 0.541. The predicted molar refractivity (Wildman–Crippen MR) is 93.0 cm³/mol. The van der Waals surface area contributed by atoms with Crippen LogP contribution in [0.5, 0.6) is 5.88 Å². The van der Waals surface area contributed by atoms with E-state index in [1.165, 1.54) is 4.52 Å². The van der Waals surface area contributed by atoms with Gasteiger partial charge in [-0.05, 0) is 25.3 Å². The number of fused-ring (bicyclic) bond motifs is 1. The summed E-state index contributed by atoms with van der Waals surface area (Å²) in [5.41, 5.74) is 0.608. The summed E-state index contributed by atoms with van der Waals surface area (Å²) in [5.74, 6) is 0.139. The minimum absolute atomic E-state index is 0.223. The van der Waals surface area contributed by atoms with Crippen LogP contribution in [0.15, 0.2) is 16.0 Å². The second kappa shape index (κ2) is 5.89. The average molecular weight is 372 g/mol. The molecule has 1 aliphatic heterocycles. The Kier molecular flexibility index (Phi) is 3.49. The fourth-order valence-electron chi connectivity index (χ4n) is 3.11. The van der Waals surface area contributed by atoms with Gasteiger partial charge in [-0.15, -0.1) is 0 Å². The predicted octanol–water partition coefficient (Wildman–Crippen LogP) is -0.995. The number of nitrogens with zero attached hydrogens (tertiary/aromatic N) is 6. The van der Waals surface area contributed by atoms with Gasteiger partial charge in [0, 0.05) is 11.8 Å².